The molecule has 0 aliphatic heterocycles. The third kappa shape index (κ3) is 4.39. The Morgan fingerprint density at radius 3 is 2.14 bits per heavy atom. The summed E-state index contributed by atoms with van der Waals surface area (Å²) in [7, 11) is -3.52. The Bertz CT molecular complexity index is 697. The van der Waals surface area contributed by atoms with Crippen molar-refractivity contribution in [2.45, 2.75) is 23.2 Å². The lowest BCUT2D eigenvalue weighted by Gasteiger charge is -2.15. The Labute approximate surface area is 142 Å². The van der Waals surface area contributed by atoms with Crippen molar-refractivity contribution in [1.29, 1.82) is 0 Å². The van der Waals surface area contributed by atoms with Gasteiger partial charge in [0.25, 0.3) is 0 Å². The second-order valence-electron chi connectivity index (χ2n) is 4.67. The van der Waals surface area contributed by atoms with Crippen LogP contribution >= 0.6 is 31.9 Å². The van der Waals surface area contributed by atoms with E-state index in [4.69, 9.17) is 0 Å². The summed E-state index contributed by atoms with van der Waals surface area (Å²) < 4.78 is 28.4. The van der Waals surface area contributed by atoms with Gasteiger partial charge >= 0.3 is 0 Å². The maximum atomic E-state index is 12.4. The molecule has 0 aliphatic rings. The number of nitrogens with one attached hydrogen (secondary N) is 1. The van der Waals surface area contributed by atoms with E-state index in [1.54, 1.807) is 24.3 Å². The monoisotopic (exact) mass is 431 g/mol. The molecule has 0 saturated heterocycles. The zero-order valence-electron chi connectivity index (χ0n) is 11.4. The normalized spacial score (nSPS) is 13.1. The first-order chi connectivity index (χ1) is 9.92. The Balaban J connectivity index is 2.17. The first-order valence-electron chi connectivity index (χ1n) is 6.35. The van der Waals surface area contributed by atoms with Gasteiger partial charge in [0.1, 0.15) is 0 Å². The third-order valence-corrected chi connectivity index (χ3v) is 5.82. The Morgan fingerprint density at radius 1 is 1.05 bits per heavy atom. The molecule has 2 aromatic carbocycles. The van der Waals surface area contributed by atoms with Crippen molar-refractivity contribution in [2.75, 3.05) is 0 Å². The molecule has 0 bridgehead atoms. The Morgan fingerprint density at radius 2 is 1.62 bits per heavy atom. The highest BCUT2D eigenvalue weighted by Crippen LogP contribution is 2.20. The van der Waals surface area contributed by atoms with Crippen LogP contribution in [0.3, 0.4) is 0 Å². The lowest BCUT2D eigenvalue weighted by Crippen LogP contribution is -2.26. The van der Waals surface area contributed by atoms with Gasteiger partial charge in [-0.1, -0.05) is 56.1 Å². The molecule has 21 heavy (non-hydrogen) atoms. The predicted octanol–water partition coefficient (Wildman–Crippen LogP) is 4.38. The summed E-state index contributed by atoms with van der Waals surface area (Å²) >= 11 is 6.70. The smallest absolute Gasteiger partial charge is 0.207 e. The number of hydrogen-bond acceptors (Lipinski definition) is 2. The summed E-state index contributed by atoms with van der Waals surface area (Å²) in [5, 5.41) is 0.704. The van der Waals surface area contributed by atoms with E-state index in [1.165, 1.54) is 0 Å². The van der Waals surface area contributed by atoms with Crippen LogP contribution in [0.2, 0.25) is 0 Å². The number of hydrogen-bond donors (Lipinski definition) is 1. The van der Waals surface area contributed by atoms with E-state index in [0.717, 1.165) is 15.6 Å². The van der Waals surface area contributed by atoms with E-state index >= 15 is 0 Å². The van der Waals surface area contributed by atoms with Crippen LogP contribution in [0.25, 0.3) is 0 Å². The maximum absolute atomic E-state index is 12.4. The summed E-state index contributed by atoms with van der Waals surface area (Å²) in [6.07, 6.45) is 0. The van der Waals surface area contributed by atoms with Gasteiger partial charge in [0, 0.05) is 15.8 Å². The van der Waals surface area contributed by atoms with Gasteiger partial charge in [0.15, 0.2) is 0 Å². The molecule has 6 heteroatoms. The van der Waals surface area contributed by atoms with Crippen LogP contribution in [-0.4, -0.2) is 8.42 Å². The second kappa shape index (κ2) is 7.05. The minimum atomic E-state index is -3.52. The molecule has 0 heterocycles. The molecule has 112 valence electrons. The maximum Gasteiger partial charge on any atom is 0.241 e. The van der Waals surface area contributed by atoms with Crippen LogP contribution < -0.4 is 4.72 Å². The molecular weight excluding hydrogens is 418 g/mol. The second-order valence-corrected chi connectivity index (χ2v) is 7.86. The SMILES string of the molecule is C[C@H](NS(=O)(=O)c1ccc(CBr)cc1)c1ccc(Br)cc1. The van der Waals surface area contributed by atoms with Gasteiger partial charge in [0.05, 0.1) is 4.90 Å². The predicted molar refractivity (Wildman–Crippen MR) is 92.0 cm³/mol. The molecule has 0 aliphatic carbocycles. The van der Waals surface area contributed by atoms with Crippen LogP contribution in [0.5, 0.6) is 0 Å². The van der Waals surface area contributed by atoms with Crippen molar-refractivity contribution in [3.05, 3.63) is 64.1 Å². The first-order valence-corrected chi connectivity index (χ1v) is 9.75. The molecule has 0 radical (unpaired) electrons. The van der Waals surface area contributed by atoms with Gasteiger partial charge in [-0.2, -0.15) is 0 Å². The van der Waals surface area contributed by atoms with E-state index in [0.29, 0.717) is 5.33 Å². The molecule has 2 aromatic rings. The lowest BCUT2D eigenvalue weighted by molar-refractivity contribution is 0.567. The van der Waals surface area contributed by atoms with Crippen LogP contribution in [0.15, 0.2) is 57.9 Å². The number of halogens is 2. The van der Waals surface area contributed by atoms with Gasteiger partial charge in [0.2, 0.25) is 10.0 Å². The van der Waals surface area contributed by atoms with Crippen molar-refractivity contribution in [1.82, 2.24) is 4.72 Å². The Kier molecular flexibility index (Phi) is 5.60. The first kappa shape index (κ1) is 16.7. The average Bonchev–Trinajstić information content (AvgIpc) is 2.47. The van der Waals surface area contributed by atoms with Gasteiger partial charge < -0.3 is 0 Å². The van der Waals surface area contributed by atoms with Crippen molar-refractivity contribution >= 4 is 41.9 Å². The molecule has 0 aromatic heterocycles. The highest BCUT2D eigenvalue weighted by Gasteiger charge is 2.18. The summed E-state index contributed by atoms with van der Waals surface area (Å²) in [6, 6.07) is 14.1. The molecule has 2 rings (SSSR count). The third-order valence-electron chi connectivity index (χ3n) is 3.09. The number of rotatable bonds is 5. The van der Waals surface area contributed by atoms with E-state index in [9.17, 15) is 8.42 Å². The fourth-order valence-corrected chi connectivity index (χ4v) is 3.75. The minimum absolute atomic E-state index is 0.274. The zero-order valence-corrected chi connectivity index (χ0v) is 15.4. The summed E-state index contributed by atoms with van der Waals surface area (Å²) in [5.74, 6) is 0. The largest absolute Gasteiger partial charge is 0.241 e. The molecule has 0 fully saturated rings. The highest BCUT2D eigenvalue weighted by atomic mass is 79.9. The quantitative estimate of drug-likeness (QED) is 0.712. The molecule has 0 unspecified atom stereocenters. The fourth-order valence-electron chi connectivity index (χ4n) is 1.88. The molecule has 0 spiro atoms. The van der Waals surface area contributed by atoms with Crippen LogP contribution in [0, 0.1) is 0 Å². The molecular formula is C15H15Br2NO2S. The summed E-state index contributed by atoms with van der Waals surface area (Å²) in [4.78, 5) is 0.274. The average molecular weight is 433 g/mol. The van der Waals surface area contributed by atoms with Crippen molar-refractivity contribution in [3.8, 4) is 0 Å². The highest BCUT2D eigenvalue weighted by molar-refractivity contribution is 9.10. The number of benzene rings is 2. The molecule has 1 N–H and O–H groups in total. The van der Waals surface area contributed by atoms with Crippen LogP contribution in [0.1, 0.15) is 24.1 Å². The van der Waals surface area contributed by atoms with Gasteiger partial charge in [-0.15, -0.1) is 0 Å². The van der Waals surface area contributed by atoms with Gasteiger partial charge in [-0.3, -0.25) is 0 Å². The van der Waals surface area contributed by atoms with Crippen molar-refractivity contribution in [3.63, 3.8) is 0 Å². The van der Waals surface area contributed by atoms with Crippen molar-refractivity contribution in [2.24, 2.45) is 0 Å². The summed E-state index contributed by atoms with van der Waals surface area (Å²) in [5.41, 5.74) is 1.95. The van der Waals surface area contributed by atoms with E-state index in [1.807, 2.05) is 31.2 Å². The lowest BCUT2D eigenvalue weighted by atomic mass is 10.1. The van der Waals surface area contributed by atoms with Crippen molar-refractivity contribution < 1.29 is 8.42 Å². The van der Waals surface area contributed by atoms with E-state index in [-0.39, 0.29) is 10.9 Å². The molecule has 0 amide bonds. The summed E-state index contributed by atoms with van der Waals surface area (Å²) in [6.45, 7) is 1.83. The standard InChI is InChI=1S/C15H15Br2NO2S/c1-11(13-4-6-14(17)7-5-13)18-21(19,20)15-8-2-12(10-16)3-9-15/h2-9,11,18H,10H2,1H3/t11-/m0/s1. The van der Waals surface area contributed by atoms with E-state index in [2.05, 4.69) is 36.6 Å². The number of alkyl halides is 1. The zero-order chi connectivity index (χ0) is 15.5. The molecule has 0 saturated carbocycles. The van der Waals surface area contributed by atoms with Crippen LogP contribution in [0.4, 0.5) is 0 Å². The topological polar surface area (TPSA) is 46.2 Å². The fraction of sp³-hybridized carbons (Fsp3) is 0.200. The Hall–Kier alpha value is -0.690. The minimum Gasteiger partial charge on any atom is -0.207 e. The molecule has 1 atom stereocenters. The van der Waals surface area contributed by atoms with Crippen LogP contribution in [-0.2, 0) is 15.4 Å². The number of sulfonamides is 1. The van der Waals surface area contributed by atoms with E-state index < -0.39 is 10.0 Å². The molecule has 3 nitrogen and oxygen atoms in total. The van der Waals surface area contributed by atoms with Gasteiger partial charge in [-0.05, 0) is 42.3 Å². The van der Waals surface area contributed by atoms with Gasteiger partial charge in [-0.25, -0.2) is 13.1 Å².